The number of hydrogen-bond acceptors (Lipinski definition) is 10. The number of rotatable bonds is 22. The van der Waals surface area contributed by atoms with Crippen molar-refractivity contribution in [2.24, 2.45) is 0 Å². The number of benzene rings is 2. The van der Waals surface area contributed by atoms with Gasteiger partial charge in [-0.05, 0) is 159 Å². The Morgan fingerprint density at radius 3 is 1.46 bits per heavy atom. The topological polar surface area (TPSA) is 123 Å². The van der Waals surface area contributed by atoms with E-state index in [2.05, 4.69) is 47.8 Å². The minimum absolute atomic E-state index is 0.0561. The summed E-state index contributed by atoms with van der Waals surface area (Å²) in [5.74, 6) is -0.226. The summed E-state index contributed by atoms with van der Waals surface area (Å²) in [5, 5.41) is 0. The van der Waals surface area contributed by atoms with Crippen LogP contribution in [0.1, 0.15) is 83.2 Å². The Hall–Kier alpha value is -3.58. The van der Waals surface area contributed by atoms with E-state index >= 15 is 0 Å². The fourth-order valence-corrected chi connectivity index (χ4v) is 6.46. The minimum Gasteiger partial charge on any atom is -0.452 e. The van der Waals surface area contributed by atoms with Crippen LogP contribution in [-0.2, 0) is 0 Å². The number of nitrogen functional groups attached to an aromatic ring is 1. The van der Waals surface area contributed by atoms with Crippen molar-refractivity contribution in [3.05, 3.63) is 44.6 Å². The third kappa shape index (κ3) is 12.0. The Balaban J connectivity index is 2.13. The van der Waals surface area contributed by atoms with E-state index < -0.39 is 5.43 Å². The highest BCUT2D eigenvalue weighted by molar-refractivity contribution is 6.08. The highest BCUT2D eigenvalue weighted by Crippen LogP contribution is 2.35. The van der Waals surface area contributed by atoms with E-state index in [0.717, 1.165) is 83.1 Å². The number of carbonyl (C=O) groups excluding carboxylic acids is 2. The smallest absolute Gasteiger partial charge is 0.258 e. The average molecular weight is 723 g/mol. The van der Waals surface area contributed by atoms with Crippen molar-refractivity contribution in [1.82, 2.24) is 34.4 Å². The summed E-state index contributed by atoms with van der Waals surface area (Å²) in [7, 11) is 16.4. The summed E-state index contributed by atoms with van der Waals surface area (Å²) in [6.45, 7) is 9.58. The lowest BCUT2D eigenvalue weighted by Gasteiger charge is -2.26. The predicted molar refractivity (Wildman–Crippen MR) is 214 cm³/mol. The van der Waals surface area contributed by atoms with Gasteiger partial charge in [0.2, 0.25) is 5.43 Å². The van der Waals surface area contributed by atoms with Crippen LogP contribution in [0.3, 0.4) is 0 Å². The summed E-state index contributed by atoms with van der Waals surface area (Å²) in [6, 6.07) is 3.67. The quantitative estimate of drug-likeness (QED) is 0.0884. The van der Waals surface area contributed by atoms with E-state index in [4.69, 9.17) is 15.1 Å². The molecule has 2 amide bonds. The molecule has 0 radical (unpaired) electrons. The van der Waals surface area contributed by atoms with Crippen molar-refractivity contribution in [2.75, 3.05) is 114 Å². The van der Waals surface area contributed by atoms with Gasteiger partial charge < -0.3 is 39.6 Å². The molecule has 1 aromatic rings. The van der Waals surface area contributed by atoms with Crippen molar-refractivity contribution in [1.29, 1.82) is 0 Å². The normalized spacial score (nSPS) is 12.0. The van der Waals surface area contributed by atoms with Gasteiger partial charge in [0.15, 0.2) is 11.3 Å². The molecule has 0 saturated heterocycles. The summed E-state index contributed by atoms with van der Waals surface area (Å²) in [5.41, 5.74) is 8.54. The third-order valence-electron chi connectivity index (χ3n) is 9.56. The Bertz CT molecular complexity index is 1600. The average Bonchev–Trinajstić information content (AvgIpc) is 3.08. The molecule has 0 fully saturated rings. The number of unbranched alkanes of at least 4 members (excludes halogenated alkanes) is 4. The Labute approximate surface area is 312 Å². The van der Waals surface area contributed by atoms with Crippen molar-refractivity contribution in [3.63, 3.8) is 0 Å². The van der Waals surface area contributed by atoms with E-state index in [0.29, 0.717) is 48.4 Å². The molecule has 2 N–H and O–H groups in total. The number of aryl methyl sites for hydroxylation is 1. The van der Waals surface area contributed by atoms with E-state index in [1.165, 1.54) is 0 Å². The molecule has 12 nitrogen and oxygen atoms in total. The number of anilines is 1. The molecule has 0 bridgehead atoms. The van der Waals surface area contributed by atoms with Gasteiger partial charge in [0.05, 0.1) is 16.8 Å². The molecule has 52 heavy (non-hydrogen) atoms. The summed E-state index contributed by atoms with van der Waals surface area (Å²) < 4.78 is 6.50. The Morgan fingerprint density at radius 1 is 0.635 bits per heavy atom. The van der Waals surface area contributed by atoms with Gasteiger partial charge in [-0.15, -0.1) is 0 Å². The van der Waals surface area contributed by atoms with Crippen molar-refractivity contribution in [3.8, 4) is 11.5 Å². The minimum atomic E-state index is -0.438. The van der Waals surface area contributed by atoms with Crippen molar-refractivity contribution >= 4 is 28.6 Å². The molecule has 0 atom stereocenters. The van der Waals surface area contributed by atoms with Crippen LogP contribution in [0.2, 0.25) is 0 Å². The number of hydrogen-bond donors (Lipinski definition) is 1. The van der Waals surface area contributed by atoms with Crippen LogP contribution in [-0.4, -0.2) is 155 Å². The van der Waals surface area contributed by atoms with Gasteiger partial charge in [0.1, 0.15) is 11.2 Å². The summed E-state index contributed by atoms with van der Waals surface area (Å²) in [4.78, 5) is 59.9. The fourth-order valence-electron chi connectivity index (χ4n) is 6.46. The standard InChI is InChI=1S/C40H66N8O4/c1-29-19-20-31(39(50)47(25-15-11-21-43(3)4)26-16-12-22-44(5)6)34-37(29)52-38-30(2)36(49)33(41)32(35(38)42-34)40(51)48(27-17-13-23-45(7)8)28-18-14-24-46(9)10/h19-20H,11-18,21-28,41H2,1-10H3. The maximum atomic E-state index is 14.5. The summed E-state index contributed by atoms with van der Waals surface area (Å²) >= 11 is 0. The maximum Gasteiger partial charge on any atom is 0.258 e. The van der Waals surface area contributed by atoms with Gasteiger partial charge in [-0.25, -0.2) is 4.98 Å². The molecule has 2 aliphatic rings. The van der Waals surface area contributed by atoms with Crippen LogP contribution in [0, 0.1) is 13.8 Å². The molecule has 1 aliphatic carbocycles. The molecule has 0 aromatic heterocycles. The number of fused-ring (bicyclic) bond motifs is 2. The van der Waals surface area contributed by atoms with Gasteiger partial charge in [-0.2, -0.15) is 0 Å². The van der Waals surface area contributed by atoms with Gasteiger partial charge in [-0.1, -0.05) is 6.07 Å². The second kappa shape index (κ2) is 20.6. The van der Waals surface area contributed by atoms with Gasteiger partial charge >= 0.3 is 0 Å². The predicted octanol–water partition coefficient (Wildman–Crippen LogP) is 4.74. The van der Waals surface area contributed by atoms with E-state index in [1.54, 1.807) is 6.92 Å². The molecular formula is C40H66N8O4. The second-order valence-corrected chi connectivity index (χ2v) is 15.4. The third-order valence-corrected chi connectivity index (χ3v) is 9.56. The first-order chi connectivity index (χ1) is 24.6. The lowest BCUT2D eigenvalue weighted by Crippen LogP contribution is -2.36. The van der Waals surface area contributed by atoms with E-state index in [1.807, 2.05) is 57.0 Å². The molecule has 1 aromatic carbocycles. The van der Waals surface area contributed by atoms with Gasteiger partial charge in [-0.3, -0.25) is 14.4 Å². The van der Waals surface area contributed by atoms with Crippen LogP contribution in [0.5, 0.6) is 0 Å². The molecule has 12 heteroatoms. The molecule has 290 valence electrons. The molecule has 1 aliphatic heterocycles. The zero-order chi connectivity index (χ0) is 38.5. The van der Waals surface area contributed by atoms with Crippen LogP contribution >= 0.6 is 0 Å². The summed E-state index contributed by atoms with van der Waals surface area (Å²) in [6.07, 6.45) is 7.17. The largest absolute Gasteiger partial charge is 0.452 e. The number of carbonyl (C=O) groups is 2. The zero-order valence-corrected chi connectivity index (χ0v) is 33.8. The Morgan fingerprint density at radius 2 is 1.04 bits per heavy atom. The monoisotopic (exact) mass is 723 g/mol. The maximum absolute atomic E-state index is 14.5. The first-order valence-electron chi connectivity index (χ1n) is 19.0. The number of nitrogens with two attached hydrogens (primary N) is 1. The number of nitrogens with zero attached hydrogens (tertiary/aromatic N) is 7. The molecule has 0 saturated carbocycles. The van der Waals surface area contributed by atoms with Crippen LogP contribution in [0.15, 0.2) is 21.3 Å². The van der Waals surface area contributed by atoms with Gasteiger partial charge in [0, 0.05) is 31.7 Å². The van der Waals surface area contributed by atoms with Gasteiger partial charge in [0.25, 0.3) is 11.8 Å². The first kappa shape index (κ1) is 42.8. The molecule has 3 rings (SSSR count). The fraction of sp³-hybridized carbons (Fsp3) is 0.650. The lowest BCUT2D eigenvalue weighted by molar-refractivity contribution is 0.0742. The van der Waals surface area contributed by atoms with Crippen LogP contribution in [0.4, 0.5) is 5.69 Å². The molecular weight excluding hydrogens is 656 g/mol. The van der Waals surface area contributed by atoms with Crippen molar-refractivity contribution in [2.45, 2.75) is 65.2 Å². The molecule has 0 spiro atoms. The van der Waals surface area contributed by atoms with Crippen LogP contribution < -0.4 is 11.2 Å². The highest BCUT2D eigenvalue weighted by Gasteiger charge is 2.31. The molecule has 1 heterocycles. The van der Waals surface area contributed by atoms with E-state index in [9.17, 15) is 14.4 Å². The highest BCUT2D eigenvalue weighted by atomic mass is 16.3. The first-order valence-corrected chi connectivity index (χ1v) is 19.0. The lowest BCUT2D eigenvalue weighted by atomic mass is 9.98. The van der Waals surface area contributed by atoms with Crippen molar-refractivity contribution < 1.29 is 14.0 Å². The molecule has 0 unspecified atom stereocenters. The van der Waals surface area contributed by atoms with E-state index in [-0.39, 0.29) is 34.5 Å². The Kier molecular flexibility index (Phi) is 17.0. The SMILES string of the molecule is Cc1c2oc3c(C)ccc(C(=O)N(CCCCN(C)C)CCCCN(C)C)c3nc-2c(C(=O)N(CCCCN(C)C)CCCCN(C)C)c(N)c1=O. The van der Waals surface area contributed by atoms with Crippen LogP contribution in [0.25, 0.3) is 22.6 Å². The number of amides is 2. The second-order valence-electron chi connectivity index (χ2n) is 15.4. The zero-order valence-electron chi connectivity index (χ0n) is 33.8. The number of aromatic nitrogens is 1.